The molecule has 2 atom stereocenters. The number of esters is 1. The second-order valence-corrected chi connectivity index (χ2v) is 5.12. The summed E-state index contributed by atoms with van der Waals surface area (Å²) in [5.41, 5.74) is 5.50. The van der Waals surface area contributed by atoms with Crippen LogP contribution in [0.3, 0.4) is 0 Å². The topological polar surface area (TPSA) is 108 Å². The van der Waals surface area contributed by atoms with Crippen molar-refractivity contribution >= 4 is 11.9 Å². The summed E-state index contributed by atoms with van der Waals surface area (Å²) in [6, 6.07) is 0. The van der Waals surface area contributed by atoms with Crippen molar-refractivity contribution in [1.29, 1.82) is 0 Å². The number of hydrogen-bond acceptors (Lipinski definition) is 6. The van der Waals surface area contributed by atoms with Crippen molar-refractivity contribution in [3.05, 3.63) is 0 Å². The Hall–Kier alpha value is -1.39. The molecule has 22 heavy (non-hydrogen) atoms. The molecule has 7 nitrogen and oxygen atoms in total. The summed E-state index contributed by atoms with van der Waals surface area (Å²) in [5.74, 6) is -3.94. The molecule has 0 spiro atoms. The molecule has 1 aliphatic heterocycles. The van der Waals surface area contributed by atoms with E-state index in [0.29, 0.717) is 0 Å². The molecule has 1 heterocycles. The van der Waals surface area contributed by atoms with Gasteiger partial charge >= 0.3 is 18.1 Å². The number of aliphatic carboxylic acids is 1. The average Bonchev–Trinajstić information content (AvgIpc) is 2.63. The van der Waals surface area contributed by atoms with E-state index in [1.54, 1.807) is 27.7 Å². The summed E-state index contributed by atoms with van der Waals surface area (Å²) in [6.45, 7) is 7.31. The molecule has 0 radical (unpaired) electrons. The van der Waals surface area contributed by atoms with Gasteiger partial charge in [0.1, 0.15) is 6.10 Å². The summed E-state index contributed by atoms with van der Waals surface area (Å²) < 4.78 is 47.7. The van der Waals surface area contributed by atoms with Gasteiger partial charge in [-0.05, 0) is 27.7 Å². The predicted octanol–water partition coefficient (Wildman–Crippen LogP) is 1.05. The van der Waals surface area contributed by atoms with Gasteiger partial charge < -0.3 is 25.1 Å². The van der Waals surface area contributed by atoms with E-state index in [-0.39, 0.29) is 12.6 Å². The zero-order chi connectivity index (χ0) is 17.7. The van der Waals surface area contributed by atoms with Crippen LogP contribution in [-0.4, -0.2) is 53.9 Å². The minimum Gasteiger partial charge on any atom is -0.475 e. The molecule has 1 saturated heterocycles. The van der Waals surface area contributed by atoms with Crippen LogP contribution in [0.1, 0.15) is 27.7 Å². The van der Waals surface area contributed by atoms with Gasteiger partial charge in [-0.2, -0.15) is 13.2 Å². The Balaban J connectivity index is 0.000000534. The van der Waals surface area contributed by atoms with Crippen molar-refractivity contribution in [2.75, 3.05) is 6.54 Å². The van der Waals surface area contributed by atoms with Crippen LogP contribution in [0.2, 0.25) is 0 Å². The highest BCUT2D eigenvalue weighted by Gasteiger charge is 2.45. The number of carboxylic acid groups (broad SMARTS) is 1. The first kappa shape index (κ1) is 20.6. The zero-order valence-corrected chi connectivity index (χ0v) is 12.6. The average molecular weight is 331 g/mol. The Morgan fingerprint density at radius 1 is 1.32 bits per heavy atom. The van der Waals surface area contributed by atoms with E-state index >= 15 is 0 Å². The minimum atomic E-state index is -5.08. The van der Waals surface area contributed by atoms with Gasteiger partial charge in [0, 0.05) is 6.54 Å². The maximum absolute atomic E-state index is 11.6. The number of rotatable bonds is 3. The molecular weight excluding hydrogens is 311 g/mol. The first-order valence-corrected chi connectivity index (χ1v) is 6.36. The van der Waals surface area contributed by atoms with E-state index < -0.39 is 36.1 Å². The minimum absolute atomic E-state index is 0.164. The number of carboxylic acids is 1. The number of nitrogens with two attached hydrogens (primary N) is 1. The Bertz CT molecular complexity index is 397. The van der Waals surface area contributed by atoms with Crippen LogP contribution in [-0.2, 0) is 23.8 Å². The highest BCUT2D eigenvalue weighted by Crippen LogP contribution is 2.28. The van der Waals surface area contributed by atoms with E-state index in [2.05, 4.69) is 0 Å². The van der Waals surface area contributed by atoms with Crippen molar-refractivity contribution < 1.29 is 42.1 Å². The molecule has 0 aromatic carbocycles. The van der Waals surface area contributed by atoms with E-state index in [9.17, 15) is 18.0 Å². The second kappa shape index (κ2) is 7.75. The maximum Gasteiger partial charge on any atom is 0.490 e. The Morgan fingerprint density at radius 2 is 1.77 bits per heavy atom. The van der Waals surface area contributed by atoms with Gasteiger partial charge in [-0.3, -0.25) is 0 Å². The van der Waals surface area contributed by atoms with E-state index in [4.69, 9.17) is 29.8 Å². The lowest BCUT2D eigenvalue weighted by Gasteiger charge is -2.17. The quantitative estimate of drug-likeness (QED) is 0.744. The SMILES string of the molecule is CC(C)OC(=O)C1OC(C)(C)OC1CN.O=C(O)C(F)(F)F. The van der Waals surface area contributed by atoms with Gasteiger partial charge in [0.05, 0.1) is 6.10 Å². The smallest absolute Gasteiger partial charge is 0.475 e. The van der Waals surface area contributed by atoms with Crippen molar-refractivity contribution in [2.45, 2.75) is 58.0 Å². The van der Waals surface area contributed by atoms with Gasteiger partial charge in [0.25, 0.3) is 0 Å². The molecular formula is C12H20F3NO6. The van der Waals surface area contributed by atoms with Crippen molar-refractivity contribution in [3.8, 4) is 0 Å². The first-order valence-electron chi connectivity index (χ1n) is 6.36. The normalized spacial score (nSPS) is 23.7. The Kier molecular flexibility index (Phi) is 7.26. The number of carbonyl (C=O) groups excluding carboxylic acids is 1. The lowest BCUT2D eigenvalue weighted by atomic mass is 10.2. The second-order valence-electron chi connectivity index (χ2n) is 5.12. The van der Waals surface area contributed by atoms with Crippen LogP contribution in [0.15, 0.2) is 0 Å². The molecule has 1 rings (SSSR count). The summed E-state index contributed by atoms with van der Waals surface area (Å²) >= 11 is 0. The number of carbonyl (C=O) groups is 2. The monoisotopic (exact) mass is 331 g/mol. The Morgan fingerprint density at radius 3 is 2.09 bits per heavy atom. The fourth-order valence-electron chi connectivity index (χ4n) is 1.51. The molecule has 0 saturated carbocycles. The standard InChI is InChI=1S/C10H19NO4.C2HF3O2/c1-6(2)13-9(12)8-7(5-11)14-10(3,4)15-8;3-2(4,5)1(6)7/h6-8H,5,11H2,1-4H3;(H,6,7). The molecule has 0 aliphatic carbocycles. The highest BCUT2D eigenvalue weighted by molar-refractivity contribution is 5.76. The summed E-state index contributed by atoms with van der Waals surface area (Å²) in [6.07, 6.45) is -6.39. The lowest BCUT2D eigenvalue weighted by molar-refractivity contribution is -0.192. The van der Waals surface area contributed by atoms with Crippen molar-refractivity contribution in [3.63, 3.8) is 0 Å². The largest absolute Gasteiger partial charge is 0.490 e. The van der Waals surface area contributed by atoms with Crippen LogP contribution < -0.4 is 5.73 Å². The van der Waals surface area contributed by atoms with Crippen LogP contribution in [0.5, 0.6) is 0 Å². The molecule has 3 N–H and O–H groups in total. The third-order valence-electron chi connectivity index (χ3n) is 2.24. The van der Waals surface area contributed by atoms with Crippen LogP contribution in [0, 0.1) is 0 Å². The molecule has 0 aromatic heterocycles. The van der Waals surface area contributed by atoms with Gasteiger partial charge in [-0.25, -0.2) is 9.59 Å². The third kappa shape index (κ3) is 7.05. The van der Waals surface area contributed by atoms with E-state index in [0.717, 1.165) is 0 Å². The van der Waals surface area contributed by atoms with Crippen molar-refractivity contribution in [2.24, 2.45) is 5.73 Å². The molecule has 0 bridgehead atoms. The van der Waals surface area contributed by atoms with Crippen molar-refractivity contribution in [1.82, 2.24) is 0 Å². The van der Waals surface area contributed by atoms with E-state index in [1.807, 2.05) is 0 Å². The Labute approximate surface area is 125 Å². The molecule has 1 aliphatic rings. The number of alkyl halides is 3. The fraction of sp³-hybridized carbons (Fsp3) is 0.833. The zero-order valence-electron chi connectivity index (χ0n) is 12.6. The number of ether oxygens (including phenoxy) is 3. The molecule has 0 amide bonds. The lowest BCUT2D eigenvalue weighted by Crippen LogP contribution is -2.38. The molecule has 10 heteroatoms. The number of hydrogen-bond donors (Lipinski definition) is 2. The fourth-order valence-corrected chi connectivity index (χ4v) is 1.51. The van der Waals surface area contributed by atoms with Crippen LogP contribution in [0.25, 0.3) is 0 Å². The molecule has 0 aromatic rings. The molecule has 1 fully saturated rings. The summed E-state index contributed by atoms with van der Waals surface area (Å²) in [4.78, 5) is 20.5. The third-order valence-corrected chi connectivity index (χ3v) is 2.24. The maximum atomic E-state index is 11.6. The van der Waals surface area contributed by atoms with Gasteiger partial charge in [0.2, 0.25) is 0 Å². The molecule has 130 valence electrons. The number of halogens is 3. The van der Waals surface area contributed by atoms with Gasteiger partial charge in [0.15, 0.2) is 11.9 Å². The summed E-state index contributed by atoms with van der Waals surface area (Å²) in [5, 5.41) is 7.12. The van der Waals surface area contributed by atoms with Crippen LogP contribution in [0.4, 0.5) is 13.2 Å². The first-order chi connectivity index (χ1) is 9.80. The van der Waals surface area contributed by atoms with Crippen LogP contribution >= 0.6 is 0 Å². The molecule has 2 unspecified atom stereocenters. The summed E-state index contributed by atoms with van der Waals surface area (Å²) in [7, 11) is 0. The van der Waals surface area contributed by atoms with Gasteiger partial charge in [-0.1, -0.05) is 0 Å². The highest BCUT2D eigenvalue weighted by atomic mass is 19.4. The van der Waals surface area contributed by atoms with Gasteiger partial charge in [-0.15, -0.1) is 0 Å². The van der Waals surface area contributed by atoms with E-state index in [1.165, 1.54) is 0 Å². The predicted molar refractivity (Wildman–Crippen MR) is 67.8 cm³/mol.